The molecule has 0 amide bonds. The molecular weight excluding hydrogens is 370 g/mol. The molecule has 0 aliphatic heterocycles. The van der Waals surface area contributed by atoms with E-state index < -0.39 is 20.4 Å². The molecule has 106 valence electrons. The maximum atomic E-state index is 2.58. The molecule has 0 aromatic rings. The van der Waals surface area contributed by atoms with Crippen LogP contribution < -0.4 is 0 Å². The number of rotatable bonds is 4. The van der Waals surface area contributed by atoms with Crippen molar-refractivity contribution < 1.29 is 20.4 Å². The average molecular weight is 395 g/mol. The Kier molecular flexibility index (Phi) is 9.88. The Balaban J connectivity index is 0.00000162. The number of allylic oxidation sites excluding steroid dienone is 8. The Hall–Kier alpha value is 0.640. The summed E-state index contributed by atoms with van der Waals surface area (Å²) >= 11 is -1.40. The average Bonchev–Trinajstić information content (AvgIpc) is 2.91. The number of halogens is 2. The second-order valence-electron chi connectivity index (χ2n) is 5.10. The van der Waals surface area contributed by atoms with Gasteiger partial charge in [0.1, 0.15) is 0 Å². The van der Waals surface area contributed by atoms with E-state index in [1.54, 1.807) is 5.57 Å². The van der Waals surface area contributed by atoms with Crippen molar-refractivity contribution in [3.8, 4) is 0 Å². The van der Waals surface area contributed by atoms with Crippen molar-refractivity contribution in [3.63, 3.8) is 0 Å². The van der Waals surface area contributed by atoms with Crippen LogP contribution in [0.15, 0.2) is 42.5 Å². The minimum atomic E-state index is -1.40. The van der Waals surface area contributed by atoms with E-state index in [1.807, 2.05) is 6.56 Å². The van der Waals surface area contributed by atoms with Gasteiger partial charge in [-0.1, -0.05) is 0 Å². The topological polar surface area (TPSA) is 0 Å². The van der Waals surface area contributed by atoms with E-state index in [4.69, 9.17) is 0 Å². The summed E-state index contributed by atoms with van der Waals surface area (Å²) in [5.74, 6) is 0. The van der Waals surface area contributed by atoms with Crippen molar-refractivity contribution in [2.75, 3.05) is 0 Å². The van der Waals surface area contributed by atoms with Gasteiger partial charge in [-0.15, -0.1) is 24.8 Å². The summed E-state index contributed by atoms with van der Waals surface area (Å²) in [6, 6.07) is 0. The molecule has 0 aromatic carbocycles. The summed E-state index contributed by atoms with van der Waals surface area (Å²) in [5, 5.41) is 0. The van der Waals surface area contributed by atoms with Crippen molar-refractivity contribution in [1.29, 1.82) is 0 Å². The molecule has 0 nitrogen and oxygen atoms in total. The third-order valence-corrected chi connectivity index (χ3v) is 20.5. The minimum absolute atomic E-state index is 0. The zero-order valence-corrected chi connectivity index (χ0v) is 17.1. The maximum Gasteiger partial charge on any atom is -0.147 e. The third kappa shape index (κ3) is 5.16. The van der Waals surface area contributed by atoms with Crippen LogP contribution in [0.4, 0.5) is 0 Å². The van der Waals surface area contributed by atoms with Crippen LogP contribution in [0.3, 0.4) is 0 Å². The summed E-state index contributed by atoms with van der Waals surface area (Å²) in [7, 11) is 0. The molecule has 0 spiro atoms. The fourth-order valence-corrected chi connectivity index (χ4v) is 19.6. The van der Waals surface area contributed by atoms with Crippen LogP contribution in [0, 0.1) is 0 Å². The van der Waals surface area contributed by atoms with E-state index in [2.05, 4.69) is 50.4 Å². The number of hydrogen-bond donors (Lipinski definition) is 0. The van der Waals surface area contributed by atoms with Gasteiger partial charge in [-0.3, -0.25) is 0 Å². The first-order chi connectivity index (χ1) is 8.22. The van der Waals surface area contributed by atoms with E-state index in [-0.39, 0.29) is 30.2 Å². The zero-order valence-electron chi connectivity index (χ0n) is 12.0. The zero-order chi connectivity index (χ0) is 12.3. The molecule has 0 fully saturated rings. The molecular formula is C15H24Cl2SiZr. The molecule has 0 saturated heterocycles. The van der Waals surface area contributed by atoms with Gasteiger partial charge in [0.05, 0.1) is 0 Å². The second-order valence-corrected chi connectivity index (χ2v) is 22.4. The van der Waals surface area contributed by atoms with Crippen molar-refractivity contribution in [2.24, 2.45) is 0 Å². The van der Waals surface area contributed by atoms with E-state index in [9.17, 15) is 0 Å². The van der Waals surface area contributed by atoms with E-state index in [0.717, 1.165) is 0 Å². The summed E-state index contributed by atoms with van der Waals surface area (Å²) < 4.78 is 3.73. The van der Waals surface area contributed by atoms with Gasteiger partial charge < -0.3 is 0 Å². The molecule has 0 aromatic heterocycles. The summed E-state index contributed by atoms with van der Waals surface area (Å²) in [4.78, 5) is 0. The second kappa shape index (κ2) is 9.55. The molecule has 0 N–H and O–H groups in total. The van der Waals surface area contributed by atoms with E-state index in [1.165, 1.54) is 25.7 Å². The molecule has 19 heavy (non-hydrogen) atoms. The predicted octanol–water partition coefficient (Wildman–Crippen LogP) is 5.56. The van der Waals surface area contributed by atoms with Gasteiger partial charge in [-0.05, 0) is 0 Å². The van der Waals surface area contributed by atoms with Gasteiger partial charge in [-0.25, -0.2) is 0 Å². The van der Waals surface area contributed by atoms with Crippen molar-refractivity contribution >= 4 is 30.2 Å². The standard InChI is InChI=1S/C8H11.C5H5.C2H6Si.2ClH.Zr/c1-2-5-8-6-3-4-7-8;1-2-4-5-3-1;1-3-2;;;/h6-7H,2-3,5H2,1H3;1-3H,4H2;1-2H3;2*1H;. The normalized spacial score (nSPS) is 16.1. The molecule has 0 heterocycles. The third-order valence-electron chi connectivity index (χ3n) is 3.40. The van der Waals surface area contributed by atoms with Gasteiger partial charge in [0, 0.05) is 0 Å². The van der Waals surface area contributed by atoms with Crippen LogP contribution in [0.1, 0.15) is 32.6 Å². The summed E-state index contributed by atoms with van der Waals surface area (Å²) in [6.45, 7) is 7.36. The van der Waals surface area contributed by atoms with Gasteiger partial charge in [0.15, 0.2) is 0 Å². The van der Waals surface area contributed by atoms with Gasteiger partial charge >= 0.3 is 114 Å². The van der Waals surface area contributed by atoms with Crippen LogP contribution >= 0.6 is 24.8 Å². The Bertz CT molecular complexity index is 467. The first-order valence-electron chi connectivity index (χ1n) is 6.66. The smallest absolute Gasteiger partial charge is 0.147 e. The van der Waals surface area contributed by atoms with Gasteiger partial charge in [-0.2, -0.15) is 0 Å². The molecule has 0 atom stereocenters. The molecule has 2 rings (SSSR count). The fourth-order valence-electron chi connectivity index (χ4n) is 2.70. The molecule has 4 heteroatoms. The summed E-state index contributed by atoms with van der Waals surface area (Å²) in [5.41, 5.74) is 1.53. The molecule has 0 saturated carbocycles. The Morgan fingerprint density at radius 3 is 2.42 bits per heavy atom. The van der Waals surface area contributed by atoms with Gasteiger partial charge in [0.2, 0.25) is 0 Å². The predicted molar refractivity (Wildman–Crippen MR) is 89.5 cm³/mol. The minimum Gasteiger partial charge on any atom is -0.147 e. The maximum absolute atomic E-state index is 2.58. The van der Waals surface area contributed by atoms with Crippen LogP contribution in [-0.2, 0) is 20.4 Å². The van der Waals surface area contributed by atoms with Crippen LogP contribution in [-0.4, -0.2) is 5.43 Å². The van der Waals surface area contributed by atoms with Crippen molar-refractivity contribution in [1.82, 2.24) is 0 Å². The van der Waals surface area contributed by atoms with Gasteiger partial charge in [0.25, 0.3) is 0 Å². The molecule has 0 radical (unpaired) electrons. The van der Waals surface area contributed by atoms with Crippen LogP contribution in [0.5, 0.6) is 0 Å². The molecule has 0 unspecified atom stereocenters. The summed E-state index contributed by atoms with van der Waals surface area (Å²) in [6.07, 6.45) is 17.3. The largest absolute Gasteiger partial charge is 0.147 e. The van der Waals surface area contributed by atoms with Crippen LogP contribution in [0.2, 0.25) is 13.1 Å². The fraction of sp³-hybridized carbons (Fsp3) is 0.467. The first-order valence-corrected chi connectivity index (χ1v) is 15.3. The van der Waals surface area contributed by atoms with E-state index in [0.29, 0.717) is 0 Å². The Labute approximate surface area is 138 Å². The van der Waals surface area contributed by atoms with Crippen molar-refractivity contribution in [2.45, 2.75) is 45.7 Å². The van der Waals surface area contributed by atoms with Crippen LogP contribution in [0.25, 0.3) is 0 Å². The monoisotopic (exact) mass is 392 g/mol. The Morgan fingerprint density at radius 1 is 1.16 bits per heavy atom. The molecule has 0 bridgehead atoms. The Morgan fingerprint density at radius 2 is 1.89 bits per heavy atom. The number of hydrogen-bond acceptors (Lipinski definition) is 0. The van der Waals surface area contributed by atoms with Crippen molar-refractivity contribution in [3.05, 3.63) is 42.5 Å². The molecule has 2 aliphatic carbocycles. The quantitative estimate of drug-likeness (QED) is 0.548. The SMILES string of the molecule is CCCC1=CC[C]([Zr]([C]2=CC=CC2)=[Si](C)C)=C1.Cl.Cl. The first kappa shape index (κ1) is 19.6. The van der Waals surface area contributed by atoms with E-state index >= 15 is 0 Å². The molecule has 2 aliphatic rings.